The quantitative estimate of drug-likeness (QED) is 0.240. The number of halogens is 3. The minimum absolute atomic E-state index is 0.0242. The van der Waals surface area contributed by atoms with Gasteiger partial charge in [0, 0.05) is 65.7 Å². The summed E-state index contributed by atoms with van der Waals surface area (Å²) in [5.74, 6) is -3.52. The molecule has 1 fully saturated rings. The van der Waals surface area contributed by atoms with Crippen LogP contribution >= 0.6 is 22.6 Å². The van der Waals surface area contributed by atoms with E-state index in [9.17, 15) is 28.3 Å². The van der Waals surface area contributed by atoms with E-state index in [0.717, 1.165) is 34.5 Å². The second-order valence-electron chi connectivity index (χ2n) is 9.59. The largest absolute Gasteiger partial charge is 0.481 e. The molecule has 12 heteroatoms. The third kappa shape index (κ3) is 4.97. The summed E-state index contributed by atoms with van der Waals surface area (Å²) in [6.07, 6.45) is 0.0242. The summed E-state index contributed by atoms with van der Waals surface area (Å²) in [4.78, 5) is 43.2. The van der Waals surface area contributed by atoms with Crippen LogP contribution in [0.25, 0.3) is 33.5 Å². The van der Waals surface area contributed by atoms with E-state index < -0.39 is 33.7 Å². The molecular formula is C27H26F2IN5O4. The van der Waals surface area contributed by atoms with Crippen molar-refractivity contribution < 1.29 is 28.3 Å². The number of carbonyl (C=O) groups excluding carboxylic acids is 2. The molecule has 0 radical (unpaired) electrons. The van der Waals surface area contributed by atoms with Crippen LogP contribution in [0.3, 0.4) is 0 Å². The zero-order chi connectivity index (χ0) is 28.1. The van der Waals surface area contributed by atoms with E-state index >= 15 is 0 Å². The molecule has 4 aromatic rings. The number of carboxylic acid groups (broad SMARTS) is 1. The summed E-state index contributed by atoms with van der Waals surface area (Å²) >= 11 is 0.692. The van der Waals surface area contributed by atoms with E-state index in [4.69, 9.17) is 4.98 Å². The number of piperidine rings is 1. The first-order valence-electron chi connectivity index (χ1n) is 12.4. The van der Waals surface area contributed by atoms with Gasteiger partial charge in [0.05, 0.1) is 28.7 Å². The van der Waals surface area contributed by atoms with Gasteiger partial charge in [-0.15, -0.1) is 0 Å². The van der Waals surface area contributed by atoms with Gasteiger partial charge in [0.1, 0.15) is 0 Å². The summed E-state index contributed by atoms with van der Waals surface area (Å²) < 4.78 is 27.4. The van der Waals surface area contributed by atoms with E-state index in [-0.39, 0.29) is 19.5 Å². The molecule has 0 spiro atoms. The van der Waals surface area contributed by atoms with Gasteiger partial charge in [0.15, 0.2) is 5.82 Å². The zero-order valence-corrected chi connectivity index (χ0v) is 23.4. The van der Waals surface area contributed by atoms with E-state index in [1.54, 1.807) is 18.2 Å². The highest BCUT2D eigenvalue weighted by Gasteiger charge is 2.42. The maximum absolute atomic E-state index is 13.5. The molecule has 0 aliphatic carbocycles. The smallest absolute Gasteiger partial charge is 0.372 e. The molecular weight excluding hydrogens is 623 g/mol. The molecule has 0 unspecified atom stereocenters. The number of hydrogen-bond acceptors (Lipinski definition) is 4. The summed E-state index contributed by atoms with van der Waals surface area (Å²) in [5.41, 5.74) is 3.83. The highest BCUT2D eigenvalue weighted by atomic mass is 127. The van der Waals surface area contributed by atoms with Gasteiger partial charge >= 0.3 is 15.8 Å². The average Bonchev–Trinajstić information content (AvgIpc) is 3.44. The van der Waals surface area contributed by atoms with Gasteiger partial charge in [-0.2, -0.15) is 8.78 Å². The number of amides is 2. The number of carbonyl (C=O) groups is 3. The van der Waals surface area contributed by atoms with Crippen molar-refractivity contribution in [3.63, 3.8) is 0 Å². The SMILES string of the molecule is CCn1c(-c2nc3cc(C(=O)N4CC[C@@H](C(=O)O)[C@@H](NC(=O)C(F)(F)I)C4)ccc3n2C)cc2ccccc21. The molecule has 204 valence electrons. The first-order chi connectivity index (χ1) is 18.5. The van der Waals surface area contributed by atoms with Crippen LogP contribution < -0.4 is 5.32 Å². The number of carboxylic acids is 1. The number of rotatable bonds is 6. The van der Waals surface area contributed by atoms with Crippen LogP contribution in [0.2, 0.25) is 0 Å². The highest BCUT2D eigenvalue weighted by Crippen LogP contribution is 2.31. The molecule has 2 N–H and O–H groups in total. The van der Waals surface area contributed by atoms with Crippen LogP contribution in [0.5, 0.6) is 0 Å². The van der Waals surface area contributed by atoms with Crippen LogP contribution in [-0.2, 0) is 23.2 Å². The Morgan fingerprint density at radius 2 is 1.90 bits per heavy atom. The van der Waals surface area contributed by atoms with Crippen LogP contribution in [0.4, 0.5) is 8.78 Å². The molecule has 39 heavy (non-hydrogen) atoms. The van der Waals surface area contributed by atoms with Gasteiger partial charge in [0.25, 0.3) is 5.91 Å². The maximum atomic E-state index is 13.5. The number of fused-ring (bicyclic) bond motifs is 2. The lowest BCUT2D eigenvalue weighted by molar-refractivity contribution is -0.145. The van der Waals surface area contributed by atoms with E-state index in [1.807, 2.05) is 23.7 Å². The number of aromatic nitrogens is 3. The van der Waals surface area contributed by atoms with Crippen molar-refractivity contribution in [2.24, 2.45) is 13.0 Å². The Bertz CT molecular complexity index is 1610. The minimum Gasteiger partial charge on any atom is -0.481 e. The second-order valence-corrected chi connectivity index (χ2v) is 10.9. The van der Waals surface area contributed by atoms with Gasteiger partial charge in [-0.05, 0) is 43.7 Å². The Morgan fingerprint density at radius 3 is 2.59 bits per heavy atom. The van der Waals surface area contributed by atoms with Gasteiger partial charge in [0.2, 0.25) is 0 Å². The number of aliphatic carboxylic acids is 1. The monoisotopic (exact) mass is 649 g/mol. The van der Waals surface area contributed by atoms with Crippen molar-refractivity contribution in [1.29, 1.82) is 0 Å². The Hall–Kier alpha value is -3.55. The average molecular weight is 649 g/mol. The fourth-order valence-electron chi connectivity index (χ4n) is 5.31. The zero-order valence-electron chi connectivity index (χ0n) is 21.2. The van der Waals surface area contributed by atoms with Gasteiger partial charge in [-0.1, -0.05) is 18.2 Å². The number of benzene rings is 2. The number of hydrogen-bond donors (Lipinski definition) is 2. The topological polar surface area (TPSA) is 109 Å². The van der Waals surface area contributed by atoms with Crippen LogP contribution in [-0.4, -0.2) is 65.0 Å². The van der Waals surface area contributed by atoms with Gasteiger partial charge in [-0.25, -0.2) is 4.98 Å². The number of alkyl halides is 3. The number of nitrogens with one attached hydrogen (secondary N) is 1. The van der Waals surface area contributed by atoms with Gasteiger partial charge in [-0.3, -0.25) is 14.4 Å². The fourth-order valence-corrected chi connectivity index (χ4v) is 5.47. The molecule has 0 bridgehead atoms. The summed E-state index contributed by atoms with van der Waals surface area (Å²) in [6, 6.07) is 14.2. The number of nitrogens with zero attached hydrogens (tertiary/aromatic N) is 4. The Labute approximate surface area is 235 Å². The lowest BCUT2D eigenvalue weighted by atomic mass is 9.91. The molecule has 3 heterocycles. The Morgan fingerprint density at radius 1 is 1.15 bits per heavy atom. The highest BCUT2D eigenvalue weighted by molar-refractivity contribution is 14.1. The van der Waals surface area contributed by atoms with Crippen molar-refractivity contribution >= 4 is 62.3 Å². The van der Waals surface area contributed by atoms with E-state index in [2.05, 4.69) is 35.0 Å². The molecule has 2 aromatic carbocycles. The number of likely N-dealkylation sites (tertiary alicyclic amines) is 1. The first kappa shape index (κ1) is 27.0. The molecule has 9 nitrogen and oxygen atoms in total. The second kappa shape index (κ2) is 10.2. The lowest BCUT2D eigenvalue weighted by Crippen LogP contribution is -2.57. The van der Waals surface area contributed by atoms with E-state index in [1.165, 1.54) is 4.90 Å². The maximum Gasteiger partial charge on any atom is 0.372 e. The van der Waals surface area contributed by atoms with Crippen LogP contribution in [0, 0.1) is 5.92 Å². The van der Waals surface area contributed by atoms with Crippen molar-refractivity contribution in [1.82, 2.24) is 24.3 Å². The molecule has 1 aliphatic rings. The van der Waals surface area contributed by atoms with Crippen LogP contribution in [0.1, 0.15) is 23.7 Å². The summed E-state index contributed by atoms with van der Waals surface area (Å²) in [6.45, 7) is 2.74. The van der Waals surface area contributed by atoms with Crippen molar-refractivity contribution in [3.05, 3.63) is 54.1 Å². The molecule has 1 saturated heterocycles. The Kier molecular flexibility index (Phi) is 7.08. The minimum atomic E-state index is -3.70. The summed E-state index contributed by atoms with van der Waals surface area (Å²) in [7, 11) is 1.91. The van der Waals surface area contributed by atoms with Gasteiger partial charge < -0.3 is 24.5 Å². The number of para-hydroxylation sites is 1. The molecule has 2 aromatic heterocycles. The molecule has 5 rings (SSSR count). The predicted molar refractivity (Wildman–Crippen MR) is 150 cm³/mol. The number of aryl methyl sites for hydroxylation is 2. The normalized spacial score (nSPS) is 18.0. The first-order valence-corrected chi connectivity index (χ1v) is 13.5. The Balaban J connectivity index is 1.44. The van der Waals surface area contributed by atoms with Crippen molar-refractivity contribution in [3.8, 4) is 11.5 Å². The number of imidazole rings is 1. The third-order valence-electron chi connectivity index (χ3n) is 7.27. The lowest BCUT2D eigenvalue weighted by Gasteiger charge is -2.37. The fraction of sp³-hybridized carbons (Fsp3) is 0.333. The van der Waals surface area contributed by atoms with Crippen molar-refractivity contribution in [2.45, 2.75) is 29.9 Å². The molecule has 1 aliphatic heterocycles. The summed E-state index contributed by atoms with van der Waals surface area (Å²) in [5, 5.41) is 12.8. The predicted octanol–water partition coefficient (Wildman–Crippen LogP) is 4.27. The van der Waals surface area contributed by atoms with Crippen molar-refractivity contribution in [2.75, 3.05) is 13.1 Å². The molecule has 2 atom stereocenters. The molecule has 0 saturated carbocycles. The molecule has 2 amide bonds. The van der Waals surface area contributed by atoms with E-state index in [0.29, 0.717) is 33.7 Å². The standard InChI is InChI=1S/C27H26F2IN5O4/c1-3-35-20-7-5-4-6-15(20)13-22(35)23-31-18-12-16(8-9-21(18)33(23)2)24(36)34-11-10-17(25(37)38)19(14-34)32-26(39)27(28,29)30/h4-9,12-13,17,19H,3,10-11,14H2,1-2H3,(H,32,39)(H,37,38)/t17-,19+/m1/s1. The third-order valence-corrected chi connectivity index (χ3v) is 7.76. The van der Waals surface area contributed by atoms with Crippen LogP contribution in [0.15, 0.2) is 48.5 Å².